The normalized spacial score (nSPS) is 18.4. The van der Waals surface area contributed by atoms with Crippen molar-refractivity contribution in [2.45, 2.75) is 77.9 Å². The highest BCUT2D eigenvalue weighted by Gasteiger charge is 2.38. The maximum absolute atomic E-state index is 11.9. The second-order valence-corrected chi connectivity index (χ2v) is 8.62. The Labute approximate surface area is 141 Å². The van der Waals surface area contributed by atoms with E-state index in [9.17, 15) is 9.90 Å². The molecule has 1 fully saturated rings. The lowest BCUT2D eigenvalue weighted by Gasteiger charge is -2.35. The maximum Gasteiger partial charge on any atom is 0.407 e. The van der Waals surface area contributed by atoms with Crippen LogP contribution in [0, 0.1) is 11.3 Å². The number of carbonyl (C=O) groups is 1. The number of hydrogen-bond donors (Lipinski definition) is 2. The van der Waals surface area contributed by atoms with Gasteiger partial charge in [0.2, 0.25) is 0 Å². The van der Waals surface area contributed by atoms with Crippen molar-refractivity contribution in [3.8, 4) is 0 Å². The average Bonchev–Trinajstić information content (AvgIpc) is 3.24. The van der Waals surface area contributed by atoms with E-state index in [0.29, 0.717) is 12.5 Å². The monoisotopic (exact) mass is 329 g/mol. The van der Waals surface area contributed by atoms with E-state index in [1.54, 1.807) is 7.11 Å². The Bertz CT molecular complexity index is 385. The van der Waals surface area contributed by atoms with Crippen LogP contribution in [0.15, 0.2) is 0 Å². The van der Waals surface area contributed by atoms with Crippen molar-refractivity contribution in [2.24, 2.45) is 11.3 Å². The van der Waals surface area contributed by atoms with Gasteiger partial charge < -0.3 is 19.9 Å². The minimum absolute atomic E-state index is 0.0685. The van der Waals surface area contributed by atoms with Crippen LogP contribution in [0.25, 0.3) is 0 Å². The largest absolute Gasteiger partial charge is 0.444 e. The number of nitrogens with one attached hydrogen (secondary N) is 1. The number of hydrogen-bond acceptors (Lipinski definition) is 4. The zero-order chi connectivity index (χ0) is 17.7. The van der Waals surface area contributed by atoms with Gasteiger partial charge in [-0.05, 0) is 59.8 Å². The van der Waals surface area contributed by atoms with E-state index in [-0.39, 0.29) is 17.6 Å². The first kappa shape index (κ1) is 20.2. The van der Waals surface area contributed by atoms with Gasteiger partial charge in [-0.3, -0.25) is 0 Å². The molecular weight excluding hydrogens is 294 g/mol. The van der Waals surface area contributed by atoms with Crippen LogP contribution in [0.1, 0.15) is 66.7 Å². The van der Waals surface area contributed by atoms with Gasteiger partial charge in [-0.25, -0.2) is 4.79 Å². The van der Waals surface area contributed by atoms with Crippen LogP contribution in [0.3, 0.4) is 0 Å². The lowest BCUT2D eigenvalue weighted by molar-refractivity contribution is -0.00707. The SMILES string of the molecule is COC(C)(C)CCC(CO)(CNC(=O)OC(C)(C)C)CC1CC1. The number of amides is 1. The summed E-state index contributed by atoms with van der Waals surface area (Å²) in [6, 6.07) is 0. The van der Waals surface area contributed by atoms with Crippen LogP contribution in [0.4, 0.5) is 4.79 Å². The molecule has 0 bridgehead atoms. The number of aliphatic hydroxyl groups excluding tert-OH is 1. The quantitative estimate of drug-likeness (QED) is 0.679. The van der Waals surface area contributed by atoms with Crippen molar-refractivity contribution >= 4 is 6.09 Å². The van der Waals surface area contributed by atoms with E-state index in [1.165, 1.54) is 12.8 Å². The third kappa shape index (κ3) is 8.02. The Hall–Kier alpha value is -0.810. The Morgan fingerprint density at radius 3 is 2.22 bits per heavy atom. The molecule has 0 aliphatic heterocycles. The molecule has 0 spiro atoms. The lowest BCUT2D eigenvalue weighted by Crippen LogP contribution is -2.43. The summed E-state index contributed by atoms with van der Waals surface area (Å²) in [7, 11) is 1.71. The number of ether oxygens (including phenoxy) is 2. The lowest BCUT2D eigenvalue weighted by atomic mass is 9.76. The fourth-order valence-electron chi connectivity index (χ4n) is 2.64. The second-order valence-electron chi connectivity index (χ2n) is 8.62. The minimum atomic E-state index is -0.513. The molecule has 1 aliphatic rings. The fourth-order valence-corrected chi connectivity index (χ4v) is 2.64. The summed E-state index contributed by atoms with van der Waals surface area (Å²) in [6.07, 6.45) is 4.63. The van der Waals surface area contributed by atoms with Crippen molar-refractivity contribution in [1.82, 2.24) is 5.32 Å². The Morgan fingerprint density at radius 1 is 1.17 bits per heavy atom. The molecule has 1 unspecified atom stereocenters. The summed E-state index contributed by atoms with van der Waals surface area (Å²) in [6.45, 7) is 10.1. The summed E-state index contributed by atoms with van der Waals surface area (Å²) in [5.74, 6) is 0.674. The molecule has 0 aromatic carbocycles. The van der Waals surface area contributed by atoms with Gasteiger partial charge in [-0.2, -0.15) is 0 Å². The number of carbonyl (C=O) groups excluding carboxylic acids is 1. The molecule has 1 amide bonds. The van der Waals surface area contributed by atoms with Crippen LogP contribution in [0.2, 0.25) is 0 Å². The van der Waals surface area contributed by atoms with E-state index in [0.717, 1.165) is 19.3 Å². The van der Waals surface area contributed by atoms with Crippen molar-refractivity contribution < 1.29 is 19.4 Å². The van der Waals surface area contributed by atoms with Gasteiger partial charge >= 0.3 is 6.09 Å². The van der Waals surface area contributed by atoms with Crippen LogP contribution >= 0.6 is 0 Å². The molecule has 0 aromatic rings. The van der Waals surface area contributed by atoms with Gasteiger partial charge in [0.1, 0.15) is 5.60 Å². The van der Waals surface area contributed by atoms with E-state index >= 15 is 0 Å². The zero-order valence-electron chi connectivity index (χ0n) is 15.7. The Kier molecular flexibility index (Phi) is 6.90. The Balaban J connectivity index is 2.64. The van der Waals surface area contributed by atoms with Gasteiger partial charge in [0.05, 0.1) is 12.2 Å². The first-order chi connectivity index (χ1) is 10.5. The number of alkyl carbamates (subject to hydrolysis) is 1. The zero-order valence-corrected chi connectivity index (χ0v) is 15.7. The van der Waals surface area contributed by atoms with Gasteiger partial charge in [0, 0.05) is 19.1 Å². The van der Waals surface area contributed by atoms with Gasteiger partial charge in [0.15, 0.2) is 0 Å². The molecular formula is C18H35NO4. The standard InChI is InChI=1S/C18H35NO4/c1-16(2,3)23-15(21)19-12-18(13-20,11-14-7-8-14)10-9-17(4,5)22-6/h14,20H,7-13H2,1-6H3,(H,19,21). The molecule has 0 saturated heterocycles. The third-order valence-corrected chi connectivity index (χ3v) is 4.57. The highest BCUT2D eigenvalue weighted by Crippen LogP contribution is 2.43. The topological polar surface area (TPSA) is 67.8 Å². The predicted octanol–water partition coefficient (Wildman–Crippen LogP) is 3.50. The highest BCUT2D eigenvalue weighted by atomic mass is 16.6. The van der Waals surface area contributed by atoms with Crippen LogP contribution in [-0.4, -0.2) is 42.7 Å². The average molecular weight is 329 g/mol. The maximum atomic E-state index is 11.9. The smallest absolute Gasteiger partial charge is 0.407 e. The van der Waals surface area contributed by atoms with Gasteiger partial charge in [0.25, 0.3) is 0 Å². The number of methoxy groups -OCH3 is 1. The summed E-state index contributed by atoms with van der Waals surface area (Å²) in [5.41, 5.74) is -1.04. The molecule has 2 N–H and O–H groups in total. The third-order valence-electron chi connectivity index (χ3n) is 4.57. The van der Waals surface area contributed by atoms with Crippen LogP contribution < -0.4 is 5.32 Å². The molecule has 1 rings (SSSR count). The molecule has 5 heteroatoms. The minimum Gasteiger partial charge on any atom is -0.444 e. The van der Waals surface area contributed by atoms with E-state index in [4.69, 9.17) is 9.47 Å². The molecule has 136 valence electrons. The molecule has 0 aromatic heterocycles. The Morgan fingerprint density at radius 2 is 1.78 bits per heavy atom. The van der Waals surface area contributed by atoms with Crippen molar-refractivity contribution in [1.29, 1.82) is 0 Å². The molecule has 5 nitrogen and oxygen atoms in total. The molecule has 1 atom stereocenters. The molecule has 0 radical (unpaired) electrons. The molecule has 1 aliphatic carbocycles. The van der Waals surface area contributed by atoms with E-state index in [2.05, 4.69) is 5.32 Å². The van der Waals surface area contributed by atoms with Crippen molar-refractivity contribution in [3.05, 3.63) is 0 Å². The number of rotatable bonds is 9. The molecule has 1 saturated carbocycles. The molecule has 0 heterocycles. The van der Waals surface area contributed by atoms with Crippen molar-refractivity contribution in [3.63, 3.8) is 0 Å². The summed E-state index contributed by atoms with van der Waals surface area (Å²) in [5, 5.41) is 12.9. The van der Waals surface area contributed by atoms with Crippen LogP contribution in [0.5, 0.6) is 0 Å². The van der Waals surface area contributed by atoms with Crippen LogP contribution in [-0.2, 0) is 9.47 Å². The fraction of sp³-hybridized carbons (Fsp3) is 0.944. The number of aliphatic hydroxyl groups is 1. The second kappa shape index (κ2) is 7.84. The first-order valence-electron chi connectivity index (χ1n) is 8.64. The van der Waals surface area contributed by atoms with Gasteiger partial charge in [-0.15, -0.1) is 0 Å². The van der Waals surface area contributed by atoms with Gasteiger partial charge in [-0.1, -0.05) is 12.8 Å². The first-order valence-corrected chi connectivity index (χ1v) is 8.64. The van der Waals surface area contributed by atoms with Crippen molar-refractivity contribution in [2.75, 3.05) is 20.3 Å². The summed E-state index contributed by atoms with van der Waals surface area (Å²) in [4.78, 5) is 11.9. The summed E-state index contributed by atoms with van der Waals surface area (Å²) >= 11 is 0. The highest BCUT2D eigenvalue weighted by molar-refractivity contribution is 5.67. The summed E-state index contributed by atoms with van der Waals surface area (Å²) < 4.78 is 10.8. The predicted molar refractivity (Wildman–Crippen MR) is 91.4 cm³/mol. The molecule has 23 heavy (non-hydrogen) atoms. The van der Waals surface area contributed by atoms with E-state index in [1.807, 2.05) is 34.6 Å². The van der Waals surface area contributed by atoms with E-state index < -0.39 is 11.7 Å².